The van der Waals surface area contributed by atoms with Crippen molar-refractivity contribution in [1.82, 2.24) is 15.1 Å². The minimum atomic E-state index is -1.98. The number of ketones is 1. The molecule has 2 aromatic rings. The van der Waals surface area contributed by atoms with E-state index in [-0.39, 0.29) is 61.9 Å². The average Bonchev–Trinajstić information content (AvgIpc) is 3.79. The highest BCUT2D eigenvalue weighted by atomic mass is 16.7. The van der Waals surface area contributed by atoms with Gasteiger partial charge in [0.1, 0.15) is 28.6 Å². The van der Waals surface area contributed by atoms with E-state index in [9.17, 15) is 34.8 Å². The Morgan fingerprint density at radius 2 is 1.66 bits per heavy atom. The number of allylic oxidation sites excluding steroid dienone is 2. The predicted octanol–water partition coefficient (Wildman–Crippen LogP) is 4.27. The fourth-order valence-corrected chi connectivity index (χ4v) is 9.91. The number of piperidine rings is 1. The van der Waals surface area contributed by atoms with Gasteiger partial charge >= 0.3 is 11.8 Å². The van der Waals surface area contributed by atoms with Crippen LogP contribution in [-0.2, 0) is 23.8 Å². The second kappa shape index (κ2) is 21.4. The zero-order valence-electron chi connectivity index (χ0n) is 41.9. The number of aliphatic hydroxyl groups excluding tert-OH is 2. The highest BCUT2D eigenvalue weighted by molar-refractivity contribution is 6.19. The standard InChI is InChI=1S/C51H74N6O11/c1-27(2)26-57-22-18-51(19-23-57)54-39-36-37-44(61)33(8)47-38(36)48(63)50(9,68-47)66-24-17-34(65-12)30(5)46(67-35(58)25-52-20-14-21-56(10)11)32(7)43(60)31(6)42(59)28(3)15-13-16-29(4)49(64)53-41(45(37)62)40(39)55-51/h13,15-17,24,27-28,30-32,34,42-43,46,52,59-62H,14,18-23,25-26H2,1-12H3,(H,53,64)/b15-13+,24-17+,29-16-/t28-,30+,31+,32+,34-,42-,43+,46+,50-/m0/s1. The number of Topliss-reactive ketones (excluding diaryl/α,β-unsaturated/α-hetero) is 1. The Hall–Kier alpha value is -4.91. The Bertz CT molecular complexity index is 2440. The first-order valence-corrected chi connectivity index (χ1v) is 24.0. The molecule has 6 N–H and O–H groups in total. The van der Waals surface area contributed by atoms with E-state index < -0.39 is 82.9 Å². The third kappa shape index (κ3) is 10.8. The van der Waals surface area contributed by atoms with Gasteiger partial charge in [0.05, 0.1) is 47.4 Å². The summed E-state index contributed by atoms with van der Waals surface area (Å²) in [5.74, 6) is -6.56. The number of anilines is 1. The Labute approximate surface area is 400 Å². The summed E-state index contributed by atoms with van der Waals surface area (Å²) in [6, 6.07) is 0. The first-order valence-electron chi connectivity index (χ1n) is 24.0. The number of amides is 1. The van der Waals surface area contributed by atoms with Gasteiger partial charge in [0.2, 0.25) is 0 Å². The van der Waals surface area contributed by atoms with E-state index in [0.717, 1.165) is 19.5 Å². The molecule has 17 nitrogen and oxygen atoms in total. The molecule has 1 spiro atoms. The molecule has 6 rings (SSSR count). The summed E-state index contributed by atoms with van der Waals surface area (Å²) in [5, 5.41) is 53.9. The molecule has 1 fully saturated rings. The summed E-state index contributed by atoms with van der Waals surface area (Å²) in [6.45, 7) is 19.7. The summed E-state index contributed by atoms with van der Waals surface area (Å²) in [5.41, 5.74) is -0.590. The smallest absolute Gasteiger partial charge is 0.320 e. The third-order valence-electron chi connectivity index (χ3n) is 14.1. The van der Waals surface area contributed by atoms with Gasteiger partial charge < -0.3 is 59.8 Å². The van der Waals surface area contributed by atoms with Crippen molar-refractivity contribution < 1.29 is 53.8 Å². The molecule has 68 heavy (non-hydrogen) atoms. The van der Waals surface area contributed by atoms with Crippen molar-refractivity contribution in [1.29, 1.82) is 0 Å². The lowest BCUT2D eigenvalue weighted by Gasteiger charge is -2.38. The molecule has 4 bridgehead atoms. The van der Waals surface area contributed by atoms with Gasteiger partial charge in [-0.25, -0.2) is 0 Å². The SMILES string of the molecule is CO[C@H]1/C=C/O[C@@]2(C)Oc3c(C)c(O)c4c(O)c(c5c(c4c3C2=O)=NC2(CCN(CC(C)C)CC2)N=5)NC(=O)/C(C)=C\C=C\[C@H](C)[C@H](O)[C@@H](C)[C@@H](O)[C@@H](C)[C@H](OC(=O)CNCCCN(C)C)[C@@H]1C. The Morgan fingerprint density at radius 3 is 2.31 bits per heavy atom. The number of aromatic hydroxyl groups is 2. The van der Waals surface area contributed by atoms with Crippen LogP contribution in [0.5, 0.6) is 17.2 Å². The summed E-state index contributed by atoms with van der Waals surface area (Å²) in [6.07, 6.45) is 5.77. The molecular formula is C51H74N6O11. The van der Waals surface area contributed by atoms with Crippen LogP contribution >= 0.6 is 0 Å². The minimum absolute atomic E-state index is 0.0340. The molecule has 17 heteroatoms. The highest BCUT2D eigenvalue weighted by Gasteiger charge is 2.50. The van der Waals surface area contributed by atoms with Crippen LogP contribution in [0, 0.1) is 36.5 Å². The number of carbonyl (C=O) groups is 3. The third-order valence-corrected chi connectivity index (χ3v) is 14.1. The molecule has 0 radical (unpaired) electrons. The molecule has 374 valence electrons. The number of rotatable bonds is 10. The predicted molar refractivity (Wildman–Crippen MR) is 258 cm³/mol. The monoisotopic (exact) mass is 947 g/mol. The number of phenols is 2. The molecule has 4 aliphatic rings. The van der Waals surface area contributed by atoms with Gasteiger partial charge in [-0.05, 0) is 59.4 Å². The number of esters is 1. The van der Waals surface area contributed by atoms with Crippen LogP contribution in [0.4, 0.5) is 5.69 Å². The summed E-state index contributed by atoms with van der Waals surface area (Å²) >= 11 is 0. The molecule has 1 saturated heterocycles. The lowest BCUT2D eigenvalue weighted by molar-refractivity contribution is -0.162. The van der Waals surface area contributed by atoms with E-state index in [1.165, 1.54) is 20.3 Å². The molecule has 1 amide bonds. The average molecular weight is 947 g/mol. The summed E-state index contributed by atoms with van der Waals surface area (Å²) in [4.78, 5) is 57.1. The Kier molecular flexibility index (Phi) is 16.5. The first kappa shape index (κ1) is 52.5. The highest BCUT2D eigenvalue weighted by Crippen LogP contribution is 2.50. The zero-order chi connectivity index (χ0) is 50.0. The van der Waals surface area contributed by atoms with Crippen molar-refractivity contribution in [2.75, 3.05) is 65.8 Å². The number of nitrogens with zero attached hydrogens (tertiary/aromatic N) is 4. The van der Waals surface area contributed by atoms with Gasteiger partial charge in [0.15, 0.2) is 11.4 Å². The topological polar surface area (TPSA) is 224 Å². The normalized spacial score (nSPS) is 30.6. The number of phenolic OH excluding ortho intramolecular Hbond substituents is 2. The molecule has 0 aromatic heterocycles. The van der Waals surface area contributed by atoms with Crippen molar-refractivity contribution in [2.45, 2.75) is 117 Å². The lowest BCUT2D eigenvalue weighted by Crippen LogP contribution is -2.47. The molecular weight excluding hydrogens is 873 g/mol. The number of nitrogens with one attached hydrogen (secondary N) is 2. The van der Waals surface area contributed by atoms with Crippen molar-refractivity contribution in [3.05, 3.63) is 58.0 Å². The molecule has 4 heterocycles. The maximum absolute atomic E-state index is 14.9. The van der Waals surface area contributed by atoms with E-state index in [1.807, 2.05) is 21.0 Å². The van der Waals surface area contributed by atoms with Gasteiger partial charge in [0.25, 0.3) is 11.7 Å². The molecule has 9 atom stereocenters. The van der Waals surface area contributed by atoms with Crippen molar-refractivity contribution in [3.63, 3.8) is 0 Å². The fraction of sp³-hybridized carbons (Fsp3) is 0.627. The van der Waals surface area contributed by atoms with Crippen LogP contribution in [0.3, 0.4) is 0 Å². The van der Waals surface area contributed by atoms with Gasteiger partial charge in [-0.15, -0.1) is 0 Å². The van der Waals surface area contributed by atoms with Gasteiger partial charge in [0, 0.05) is 86.7 Å². The number of carbonyl (C=O) groups excluding carboxylic acids is 3. The van der Waals surface area contributed by atoms with Crippen molar-refractivity contribution in [3.8, 4) is 17.2 Å². The van der Waals surface area contributed by atoms with Crippen LogP contribution in [0.25, 0.3) is 10.8 Å². The molecule has 2 aromatic carbocycles. The van der Waals surface area contributed by atoms with E-state index in [0.29, 0.717) is 38.4 Å². The van der Waals surface area contributed by atoms with E-state index in [4.69, 9.17) is 28.9 Å². The number of methoxy groups -OCH3 is 1. The number of hydrogen-bond acceptors (Lipinski definition) is 16. The maximum atomic E-state index is 14.9. The van der Waals surface area contributed by atoms with Crippen molar-refractivity contribution in [2.24, 2.45) is 39.6 Å². The van der Waals surface area contributed by atoms with E-state index in [1.54, 1.807) is 58.9 Å². The number of fused-ring (bicyclic) bond motifs is 1. The van der Waals surface area contributed by atoms with Crippen LogP contribution in [0.2, 0.25) is 0 Å². The summed E-state index contributed by atoms with van der Waals surface area (Å²) < 4.78 is 24.6. The van der Waals surface area contributed by atoms with Crippen LogP contribution < -0.4 is 26.1 Å². The van der Waals surface area contributed by atoms with E-state index >= 15 is 0 Å². The molecule has 0 aliphatic carbocycles. The van der Waals surface area contributed by atoms with Crippen LogP contribution in [-0.4, -0.2) is 144 Å². The van der Waals surface area contributed by atoms with Crippen LogP contribution in [0.15, 0.2) is 46.1 Å². The van der Waals surface area contributed by atoms with Gasteiger partial charge in [-0.1, -0.05) is 59.8 Å². The summed E-state index contributed by atoms with van der Waals surface area (Å²) in [7, 11) is 5.43. The molecule has 4 aliphatic heterocycles. The van der Waals surface area contributed by atoms with E-state index in [2.05, 4.69) is 34.3 Å². The Balaban J connectivity index is 1.46. The first-order chi connectivity index (χ1) is 32.0. The number of likely N-dealkylation sites (tertiary alicyclic amines) is 1. The molecule has 0 saturated carbocycles. The van der Waals surface area contributed by atoms with Gasteiger partial charge in [-0.2, -0.15) is 0 Å². The Morgan fingerprint density at radius 1 is 0.985 bits per heavy atom. The quantitative estimate of drug-likeness (QED) is 0.111. The minimum Gasteiger partial charge on any atom is -0.507 e. The fourth-order valence-electron chi connectivity index (χ4n) is 9.91. The second-order valence-corrected chi connectivity index (χ2v) is 20.2. The lowest BCUT2D eigenvalue weighted by atomic mass is 9.78. The van der Waals surface area contributed by atoms with Crippen molar-refractivity contribution >= 4 is 34.1 Å². The number of hydrogen-bond donors (Lipinski definition) is 6. The number of ether oxygens (including phenoxy) is 4. The largest absolute Gasteiger partial charge is 0.507 e. The molecule has 0 unspecified atom stereocenters. The number of benzene rings is 2. The zero-order valence-corrected chi connectivity index (χ0v) is 41.9. The second-order valence-electron chi connectivity index (χ2n) is 20.2. The number of aliphatic hydroxyl groups is 2. The van der Waals surface area contributed by atoms with Crippen LogP contribution in [0.1, 0.15) is 90.6 Å². The maximum Gasteiger partial charge on any atom is 0.320 e. The van der Waals surface area contributed by atoms with Gasteiger partial charge in [-0.3, -0.25) is 24.4 Å².